The van der Waals surface area contributed by atoms with Crippen molar-refractivity contribution < 1.29 is 9.59 Å². The molecule has 0 saturated carbocycles. The Morgan fingerprint density at radius 3 is 2.74 bits per heavy atom. The Bertz CT molecular complexity index is 1070. The molecule has 0 unspecified atom stereocenters. The molecule has 2 N–H and O–H groups in total. The Balaban J connectivity index is 1.14. The van der Waals surface area contributed by atoms with E-state index in [9.17, 15) is 9.59 Å². The van der Waals surface area contributed by atoms with Crippen molar-refractivity contribution in [3.05, 3.63) is 69.0 Å². The lowest BCUT2D eigenvalue weighted by Crippen LogP contribution is -2.48. The Hall–Kier alpha value is -2.55. The number of thiazole rings is 1. The number of thiophene rings is 1. The van der Waals surface area contributed by atoms with Crippen LogP contribution in [0.1, 0.15) is 43.9 Å². The highest BCUT2D eigenvalue weighted by Gasteiger charge is 2.34. The average Bonchev–Trinajstić information content (AvgIpc) is 3.50. The molecule has 2 saturated heterocycles. The van der Waals surface area contributed by atoms with Crippen molar-refractivity contribution >= 4 is 39.5 Å². The van der Waals surface area contributed by atoms with Crippen LogP contribution in [0, 0.1) is 0 Å². The van der Waals surface area contributed by atoms with Crippen LogP contribution in [-0.4, -0.2) is 47.4 Å². The van der Waals surface area contributed by atoms with Gasteiger partial charge in [-0.3, -0.25) is 9.59 Å². The van der Waals surface area contributed by atoms with E-state index >= 15 is 0 Å². The van der Waals surface area contributed by atoms with E-state index in [-0.39, 0.29) is 17.9 Å². The van der Waals surface area contributed by atoms with Gasteiger partial charge in [-0.2, -0.15) is 0 Å². The van der Waals surface area contributed by atoms with Crippen molar-refractivity contribution in [2.75, 3.05) is 25.0 Å². The summed E-state index contributed by atoms with van der Waals surface area (Å²) in [6.45, 7) is 2.28. The molecule has 3 aromatic rings. The van der Waals surface area contributed by atoms with Crippen molar-refractivity contribution in [3.8, 4) is 0 Å². The number of anilines is 1. The van der Waals surface area contributed by atoms with E-state index in [0.717, 1.165) is 35.8 Å². The van der Waals surface area contributed by atoms with Gasteiger partial charge in [0.25, 0.3) is 5.91 Å². The highest BCUT2D eigenvalue weighted by Crippen LogP contribution is 2.33. The number of hydrogen-bond donors (Lipinski definition) is 2. The van der Waals surface area contributed by atoms with Crippen molar-refractivity contribution in [3.63, 3.8) is 0 Å². The maximum Gasteiger partial charge on any atom is 0.264 e. The average molecular weight is 453 g/mol. The van der Waals surface area contributed by atoms with Crippen molar-refractivity contribution in [1.29, 1.82) is 0 Å². The Labute approximate surface area is 189 Å². The van der Waals surface area contributed by atoms with Gasteiger partial charge in [0.1, 0.15) is 0 Å². The van der Waals surface area contributed by atoms with E-state index in [1.807, 2.05) is 23.2 Å². The van der Waals surface area contributed by atoms with E-state index in [4.69, 9.17) is 0 Å². The number of rotatable bonds is 6. The second kappa shape index (κ2) is 8.90. The summed E-state index contributed by atoms with van der Waals surface area (Å²) in [7, 11) is 0. The molecule has 2 aromatic heterocycles. The van der Waals surface area contributed by atoms with Crippen LogP contribution in [0.3, 0.4) is 0 Å². The summed E-state index contributed by atoms with van der Waals surface area (Å²) in [5.74, 6) is 0.324. The number of likely N-dealkylation sites (tertiary alicyclic amines) is 1. The Morgan fingerprint density at radius 2 is 1.97 bits per heavy atom. The van der Waals surface area contributed by atoms with E-state index in [1.54, 1.807) is 17.4 Å². The highest BCUT2D eigenvalue weighted by atomic mass is 32.1. The molecule has 4 heterocycles. The largest absolute Gasteiger partial charge is 0.336 e. The van der Waals surface area contributed by atoms with Gasteiger partial charge in [-0.1, -0.05) is 30.3 Å². The summed E-state index contributed by atoms with van der Waals surface area (Å²) in [6.07, 6.45) is 4.75. The second-order valence-electron chi connectivity index (χ2n) is 8.04. The van der Waals surface area contributed by atoms with E-state index < -0.39 is 0 Å². The first-order valence-corrected chi connectivity index (χ1v) is 12.2. The number of hydrogen-bond acceptors (Lipinski definition) is 6. The van der Waals surface area contributed by atoms with Gasteiger partial charge >= 0.3 is 0 Å². The first-order chi connectivity index (χ1) is 15.2. The molecule has 160 valence electrons. The van der Waals surface area contributed by atoms with Gasteiger partial charge in [-0.25, -0.2) is 4.98 Å². The van der Waals surface area contributed by atoms with Crippen LogP contribution in [0.15, 0.2) is 48.7 Å². The monoisotopic (exact) mass is 452 g/mol. The second-order valence-corrected chi connectivity index (χ2v) is 10.3. The lowest BCUT2D eigenvalue weighted by Gasteiger charge is -2.37. The molecule has 2 amide bonds. The molecule has 0 aliphatic carbocycles. The minimum absolute atomic E-state index is 0.0163. The molecule has 0 spiro atoms. The van der Waals surface area contributed by atoms with Crippen LogP contribution in [0.2, 0.25) is 0 Å². The summed E-state index contributed by atoms with van der Waals surface area (Å²) in [4.78, 5) is 33.4. The Kier molecular flexibility index (Phi) is 5.85. The fourth-order valence-corrected chi connectivity index (χ4v) is 5.89. The first kappa shape index (κ1) is 20.4. The number of nitrogens with zero attached hydrogens (tertiary/aromatic N) is 2. The molecule has 2 aliphatic heterocycles. The highest BCUT2D eigenvalue weighted by molar-refractivity contribution is 7.18. The molecule has 0 radical (unpaired) electrons. The third-order valence-electron chi connectivity index (χ3n) is 5.75. The van der Waals surface area contributed by atoms with E-state index in [0.29, 0.717) is 23.9 Å². The third-order valence-corrected chi connectivity index (χ3v) is 7.90. The lowest BCUT2D eigenvalue weighted by molar-refractivity contribution is -0.117. The van der Waals surface area contributed by atoms with E-state index in [1.165, 1.54) is 21.8 Å². The third kappa shape index (κ3) is 4.56. The van der Waals surface area contributed by atoms with Crippen LogP contribution in [0.4, 0.5) is 5.00 Å². The molecular formula is C23H24N4O2S2. The van der Waals surface area contributed by atoms with Gasteiger partial charge in [-0.05, 0) is 37.1 Å². The van der Waals surface area contributed by atoms with Gasteiger partial charge in [0.2, 0.25) is 5.91 Å². The van der Waals surface area contributed by atoms with Gasteiger partial charge in [0.05, 0.1) is 20.9 Å². The van der Waals surface area contributed by atoms with Crippen LogP contribution in [0.25, 0.3) is 0 Å². The van der Waals surface area contributed by atoms with E-state index in [2.05, 4.69) is 39.9 Å². The maximum absolute atomic E-state index is 12.8. The summed E-state index contributed by atoms with van der Waals surface area (Å²) in [5.41, 5.74) is 1.28. The van der Waals surface area contributed by atoms with Gasteiger partial charge in [-0.15, -0.1) is 22.7 Å². The maximum atomic E-state index is 12.8. The number of carbonyl (C=O) groups is 2. The number of amides is 2. The Morgan fingerprint density at radius 1 is 1.13 bits per heavy atom. The van der Waals surface area contributed by atoms with Crippen molar-refractivity contribution in [2.24, 2.45) is 0 Å². The fraction of sp³-hybridized carbons (Fsp3) is 0.348. The lowest BCUT2D eigenvalue weighted by atomic mass is 10.0. The molecule has 2 aliphatic rings. The molecular weight excluding hydrogens is 428 g/mol. The molecule has 31 heavy (non-hydrogen) atoms. The molecule has 8 heteroatoms. The number of nitrogens with one attached hydrogen (secondary N) is 2. The summed E-state index contributed by atoms with van der Waals surface area (Å²) >= 11 is 3.09. The number of carbonyl (C=O) groups excluding carboxylic acids is 2. The summed E-state index contributed by atoms with van der Waals surface area (Å²) in [6, 6.07) is 13.9. The topological polar surface area (TPSA) is 74.3 Å². The first-order valence-electron chi connectivity index (χ1n) is 10.6. The minimum atomic E-state index is -0.123. The predicted octanol–water partition coefficient (Wildman–Crippen LogP) is 3.73. The fourth-order valence-electron chi connectivity index (χ4n) is 3.98. The number of benzene rings is 1. The molecule has 5 rings (SSSR count). The molecule has 1 aromatic carbocycles. The zero-order valence-corrected chi connectivity index (χ0v) is 18.7. The smallest absolute Gasteiger partial charge is 0.264 e. The molecule has 1 atom stereocenters. The minimum Gasteiger partial charge on any atom is -0.336 e. The molecule has 0 bridgehead atoms. The zero-order valence-electron chi connectivity index (χ0n) is 17.0. The van der Waals surface area contributed by atoms with Gasteiger partial charge < -0.3 is 15.5 Å². The standard InChI is InChI=1S/C23H24N4O2S2/c28-21(18-7-4-10-24-18)26-20-9-8-19(31-20)23(29)27-13-16(14-27)22-25-12-17(30-22)11-15-5-2-1-3-6-15/h1-3,5-6,8-9,12,16,18,24H,4,7,10-11,13-14H2,(H,26,28)/t18-/m0/s1. The molecule has 6 nitrogen and oxygen atoms in total. The van der Waals surface area contributed by atoms with Crippen molar-refractivity contribution in [2.45, 2.75) is 31.2 Å². The van der Waals surface area contributed by atoms with Gasteiger partial charge in [0, 0.05) is 36.5 Å². The van der Waals surface area contributed by atoms with Gasteiger partial charge in [0.15, 0.2) is 0 Å². The quantitative estimate of drug-likeness (QED) is 0.598. The van der Waals surface area contributed by atoms with Crippen LogP contribution < -0.4 is 10.6 Å². The SMILES string of the molecule is O=C(Nc1ccc(C(=O)N2CC(c3ncc(Cc4ccccc4)s3)C2)s1)[C@@H]1CCCN1. The normalized spacial score (nSPS) is 18.7. The van der Waals surface area contributed by atoms with Crippen LogP contribution in [0.5, 0.6) is 0 Å². The summed E-state index contributed by atoms with van der Waals surface area (Å²) < 4.78 is 0. The van der Waals surface area contributed by atoms with Crippen LogP contribution in [-0.2, 0) is 11.2 Å². The van der Waals surface area contributed by atoms with Crippen LogP contribution >= 0.6 is 22.7 Å². The van der Waals surface area contributed by atoms with Crippen molar-refractivity contribution in [1.82, 2.24) is 15.2 Å². The summed E-state index contributed by atoms with van der Waals surface area (Å²) in [5, 5.41) is 7.96. The number of aromatic nitrogens is 1. The zero-order chi connectivity index (χ0) is 21.2. The molecule has 2 fully saturated rings. The predicted molar refractivity (Wildman–Crippen MR) is 124 cm³/mol.